The number of urea groups is 1. The average molecular weight is 495 g/mol. The van der Waals surface area contributed by atoms with E-state index in [-0.39, 0.29) is 6.03 Å². The van der Waals surface area contributed by atoms with Gasteiger partial charge in [0.15, 0.2) is 0 Å². The first-order valence-corrected chi connectivity index (χ1v) is 12.3. The van der Waals surface area contributed by atoms with Crippen molar-refractivity contribution in [2.75, 3.05) is 12.0 Å². The Labute approximate surface area is 216 Å². The molecule has 0 saturated carbocycles. The molecule has 1 N–H and O–H groups in total. The summed E-state index contributed by atoms with van der Waals surface area (Å²) in [6, 6.07) is 21.2. The summed E-state index contributed by atoms with van der Waals surface area (Å²) < 4.78 is 11.2. The number of nitrogens with zero attached hydrogens (tertiary/aromatic N) is 3. The molecule has 0 aliphatic carbocycles. The molecule has 0 bridgehead atoms. The van der Waals surface area contributed by atoms with Crippen molar-refractivity contribution >= 4 is 17.3 Å². The number of benzene rings is 3. The minimum Gasteiger partial charge on any atom is -0.497 e. The number of aromatic nitrogens is 2. The Hall–Kier alpha value is -4.39. The highest BCUT2D eigenvalue weighted by molar-refractivity contribution is 6.01. The van der Waals surface area contributed by atoms with Gasteiger partial charge in [-0.3, -0.25) is 4.90 Å². The van der Waals surface area contributed by atoms with Gasteiger partial charge in [-0.1, -0.05) is 54.5 Å². The smallest absolute Gasteiger partial charge is 0.326 e. The fourth-order valence-electron chi connectivity index (χ4n) is 4.82. The van der Waals surface area contributed by atoms with E-state index in [0.29, 0.717) is 17.5 Å². The number of ether oxygens (including phenoxy) is 1. The minimum atomic E-state index is -0.445. The van der Waals surface area contributed by atoms with Gasteiger partial charge in [0.05, 0.1) is 24.4 Å². The van der Waals surface area contributed by atoms with Crippen molar-refractivity contribution < 1.29 is 14.1 Å². The maximum atomic E-state index is 13.5. The van der Waals surface area contributed by atoms with E-state index >= 15 is 0 Å². The molecule has 1 aromatic heterocycles. The molecule has 0 spiro atoms. The van der Waals surface area contributed by atoms with E-state index in [1.165, 1.54) is 5.56 Å². The van der Waals surface area contributed by atoms with Crippen molar-refractivity contribution in [1.29, 1.82) is 0 Å². The topological polar surface area (TPSA) is 80.5 Å². The minimum absolute atomic E-state index is 0.205. The van der Waals surface area contributed by atoms with Gasteiger partial charge in [0.2, 0.25) is 5.82 Å². The van der Waals surface area contributed by atoms with Crippen LogP contribution in [0.2, 0.25) is 0 Å². The van der Waals surface area contributed by atoms with Crippen LogP contribution in [0.5, 0.6) is 5.75 Å². The number of nitrogens with one attached hydrogen (secondary N) is 1. The van der Waals surface area contributed by atoms with Crippen LogP contribution in [0, 0.1) is 13.8 Å². The lowest BCUT2D eigenvalue weighted by atomic mass is 9.93. The Balaban J connectivity index is 1.65. The van der Waals surface area contributed by atoms with Crippen molar-refractivity contribution in [3.05, 3.63) is 101 Å². The Morgan fingerprint density at radius 1 is 1.00 bits per heavy atom. The zero-order chi connectivity index (χ0) is 26.1. The van der Waals surface area contributed by atoms with Gasteiger partial charge in [0.25, 0.3) is 5.89 Å². The summed E-state index contributed by atoms with van der Waals surface area (Å²) in [6.45, 7) is 8.09. The first-order valence-electron chi connectivity index (χ1n) is 12.3. The Bertz CT molecular complexity index is 1470. The third kappa shape index (κ3) is 4.72. The Kier molecular flexibility index (Phi) is 6.53. The van der Waals surface area contributed by atoms with Gasteiger partial charge in [0, 0.05) is 11.3 Å². The molecule has 0 saturated heterocycles. The molecule has 5 rings (SSSR count). The predicted octanol–water partition coefficient (Wildman–Crippen LogP) is 6.63. The van der Waals surface area contributed by atoms with Gasteiger partial charge in [-0.2, -0.15) is 4.98 Å². The number of rotatable bonds is 6. The molecule has 0 radical (unpaired) electrons. The number of carbonyl (C=O) groups is 1. The molecule has 7 nitrogen and oxygen atoms in total. The number of methoxy groups -OCH3 is 1. The van der Waals surface area contributed by atoms with Crippen LogP contribution in [0.1, 0.15) is 48.0 Å². The number of carbonyl (C=O) groups excluding carboxylic acids is 1. The van der Waals surface area contributed by atoms with Crippen molar-refractivity contribution in [1.82, 2.24) is 15.5 Å². The largest absolute Gasteiger partial charge is 0.497 e. The maximum Gasteiger partial charge on any atom is 0.326 e. The number of amides is 2. The average Bonchev–Trinajstić information content (AvgIpc) is 3.38. The van der Waals surface area contributed by atoms with Gasteiger partial charge in [0.1, 0.15) is 5.75 Å². The summed E-state index contributed by atoms with van der Waals surface area (Å²) in [5, 5.41) is 7.45. The molecule has 1 aliphatic heterocycles. The van der Waals surface area contributed by atoms with Crippen LogP contribution < -0.4 is 15.0 Å². The molecule has 188 valence electrons. The monoisotopic (exact) mass is 494 g/mol. The van der Waals surface area contributed by atoms with Crippen molar-refractivity contribution in [3.8, 4) is 17.1 Å². The standard InChI is InChI=1S/C30H30N4O3/c1-6-21-10-12-22(13-11-21)27-26(29-32-28(33-37-29)23-8-7-9-25(17-23)36-5)20(4)34(30(35)31-27)24-15-18(2)14-19(3)16-24/h7-17,27H,6H2,1-5H3,(H,31,35). The number of anilines is 1. The van der Waals surface area contributed by atoms with Crippen LogP contribution in [-0.4, -0.2) is 23.3 Å². The van der Waals surface area contributed by atoms with Crippen LogP contribution in [0.25, 0.3) is 17.0 Å². The van der Waals surface area contributed by atoms with Gasteiger partial charge >= 0.3 is 6.03 Å². The van der Waals surface area contributed by atoms with E-state index in [1.54, 1.807) is 12.0 Å². The van der Waals surface area contributed by atoms with E-state index in [2.05, 4.69) is 35.6 Å². The second kappa shape index (κ2) is 9.93. The molecular weight excluding hydrogens is 464 g/mol. The normalized spacial score (nSPS) is 15.6. The van der Waals surface area contributed by atoms with Crippen molar-refractivity contribution in [2.45, 2.75) is 40.2 Å². The maximum absolute atomic E-state index is 13.5. The molecule has 0 fully saturated rings. The number of allylic oxidation sites excluding steroid dienone is 1. The molecule has 37 heavy (non-hydrogen) atoms. The Morgan fingerprint density at radius 2 is 1.73 bits per heavy atom. The Morgan fingerprint density at radius 3 is 2.41 bits per heavy atom. The van der Waals surface area contributed by atoms with E-state index < -0.39 is 6.04 Å². The molecular formula is C30H30N4O3. The molecule has 4 aromatic rings. The molecule has 2 amide bonds. The predicted molar refractivity (Wildman–Crippen MR) is 144 cm³/mol. The lowest BCUT2D eigenvalue weighted by Crippen LogP contribution is -2.46. The van der Waals surface area contributed by atoms with Gasteiger partial charge < -0.3 is 14.6 Å². The molecule has 1 unspecified atom stereocenters. The molecule has 3 aromatic carbocycles. The summed E-state index contributed by atoms with van der Waals surface area (Å²) in [6.07, 6.45) is 0.938. The van der Waals surface area contributed by atoms with E-state index in [1.807, 2.05) is 69.3 Å². The van der Waals surface area contributed by atoms with E-state index in [4.69, 9.17) is 14.2 Å². The van der Waals surface area contributed by atoms with E-state index in [9.17, 15) is 4.79 Å². The van der Waals surface area contributed by atoms with Crippen LogP contribution in [0.4, 0.5) is 10.5 Å². The lowest BCUT2D eigenvalue weighted by molar-refractivity contribution is 0.244. The number of aryl methyl sites for hydroxylation is 3. The quantitative estimate of drug-likeness (QED) is 0.326. The molecule has 1 atom stereocenters. The number of hydrogen-bond donors (Lipinski definition) is 1. The molecule has 1 aliphatic rings. The van der Waals surface area contributed by atoms with Crippen molar-refractivity contribution in [2.24, 2.45) is 0 Å². The van der Waals surface area contributed by atoms with E-state index in [0.717, 1.165) is 45.6 Å². The molecule has 7 heteroatoms. The van der Waals surface area contributed by atoms with Crippen molar-refractivity contribution in [3.63, 3.8) is 0 Å². The van der Waals surface area contributed by atoms with Crippen LogP contribution >= 0.6 is 0 Å². The second-order valence-electron chi connectivity index (χ2n) is 9.31. The third-order valence-corrected chi connectivity index (χ3v) is 6.66. The summed E-state index contributed by atoms with van der Waals surface area (Å²) in [4.78, 5) is 19.9. The zero-order valence-electron chi connectivity index (χ0n) is 21.7. The second-order valence-corrected chi connectivity index (χ2v) is 9.31. The van der Waals surface area contributed by atoms with Crippen LogP contribution in [0.3, 0.4) is 0 Å². The third-order valence-electron chi connectivity index (χ3n) is 6.66. The summed E-state index contributed by atoms with van der Waals surface area (Å²) in [7, 11) is 1.62. The van der Waals surface area contributed by atoms with Gasteiger partial charge in [-0.25, -0.2) is 4.79 Å². The fourth-order valence-corrected chi connectivity index (χ4v) is 4.82. The van der Waals surface area contributed by atoms with Gasteiger partial charge in [-0.05, 0) is 73.7 Å². The van der Waals surface area contributed by atoms with Gasteiger partial charge in [-0.15, -0.1) is 0 Å². The first kappa shape index (κ1) is 24.3. The highest BCUT2D eigenvalue weighted by Crippen LogP contribution is 2.39. The summed E-state index contributed by atoms with van der Waals surface area (Å²) in [5.74, 6) is 1.51. The fraction of sp³-hybridized carbons (Fsp3) is 0.233. The van der Waals surface area contributed by atoms with Crippen LogP contribution in [-0.2, 0) is 6.42 Å². The zero-order valence-corrected chi connectivity index (χ0v) is 21.7. The SMILES string of the molecule is CCc1ccc(C2NC(=O)N(c3cc(C)cc(C)c3)C(C)=C2c2nc(-c3cccc(OC)c3)no2)cc1. The van der Waals surface area contributed by atoms with Crippen LogP contribution in [0.15, 0.2) is 77.0 Å². The summed E-state index contributed by atoms with van der Waals surface area (Å²) in [5.41, 5.74) is 7.38. The highest BCUT2D eigenvalue weighted by Gasteiger charge is 2.36. The lowest BCUT2D eigenvalue weighted by Gasteiger charge is -2.35. The number of hydrogen-bond acceptors (Lipinski definition) is 5. The summed E-state index contributed by atoms with van der Waals surface area (Å²) >= 11 is 0. The molecule has 2 heterocycles. The highest BCUT2D eigenvalue weighted by atomic mass is 16.5. The first-order chi connectivity index (χ1) is 17.9.